The van der Waals surface area contributed by atoms with Crippen LogP contribution >= 0.6 is 0 Å². The molecular formula is C29H37N5O6S. The average molecular weight is 584 g/mol. The van der Waals surface area contributed by atoms with Crippen molar-refractivity contribution in [1.82, 2.24) is 14.9 Å². The number of ether oxygens (including phenoxy) is 2. The van der Waals surface area contributed by atoms with Crippen LogP contribution in [0.5, 0.6) is 0 Å². The van der Waals surface area contributed by atoms with Crippen LogP contribution in [0, 0.1) is 0 Å². The fourth-order valence-electron chi connectivity index (χ4n) is 5.35. The van der Waals surface area contributed by atoms with Crippen molar-refractivity contribution in [3.05, 3.63) is 48.2 Å². The number of amides is 1. The Morgan fingerprint density at radius 3 is 2.20 bits per heavy atom. The van der Waals surface area contributed by atoms with E-state index in [1.165, 1.54) is 13.4 Å². The zero-order chi connectivity index (χ0) is 29.5. The number of anilines is 2. The Hall–Kier alpha value is -3.80. The van der Waals surface area contributed by atoms with Crippen molar-refractivity contribution < 1.29 is 27.5 Å². The number of carbonyl (C=O) groups is 2. The zero-order valence-corrected chi connectivity index (χ0v) is 24.9. The highest BCUT2D eigenvalue weighted by atomic mass is 32.2. The number of carbonyl (C=O) groups excluding carboxylic acids is 2. The van der Waals surface area contributed by atoms with Crippen LogP contribution in [-0.4, -0.2) is 81.2 Å². The molecule has 1 N–H and O–H groups in total. The number of alkyl carbamates (subject to hydrolysis) is 1. The summed E-state index contributed by atoms with van der Waals surface area (Å²) in [6.07, 6.45) is 3.98. The van der Waals surface area contributed by atoms with E-state index >= 15 is 0 Å². The molecule has 1 saturated carbocycles. The summed E-state index contributed by atoms with van der Waals surface area (Å²) in [5.74, 6) is 0.407. The largest absolute Gasteiger partial charge is 0.465 e. The number of esters is 1. The maximum atomic E-state index is 12.6. The van der Waals surface area contributed by atoms with Crippen molar-refractivity contribution in [2.45, 2.75) is 56.2 Å². The molecule has 5 rings (SSSR count). The summed E-state index contributed by atoms with van der Waals surface area (Å²) in [5, 5.41) is 3.65. The van der Waals surface area contributed by atoms with Crippen LogP contribution in [0.4, 0.5) is 16.3 Å². The molecule has 41 heavy (non-hydrogen) atoms. The summed E-state index contributed by atoms with van der Waals surface area (Å²) in [6, 6.07) is 10.9. The van der Waals surface area contributed by atoms with Crippen LogP contribution in [0.25, 0.3) is 11.0 Å². The molecule has 1 saturated heterocycles. The van der Waals surface area contributed by atoms with Crippen molar-refractivity contribution in [2.24, 2.45) is 0 Å². The predicted octanol–water partition coefficient (Wildman–Crippen LogP) is 3.78. The van der Waals surface area contributed by atoms with Crippen LogP contribution in [0.15, 0.2) is 47.5 Å². The van der Waals surface area contributed by atoms with Crippen molar-refractivity contribution >= 4 is 44.4 Å². The number of nitrogens with zero attached hydrogens (tertiary/aromatic N) is 4. The molecule has 1 aromatic carbocycles. The van der Waals surface area contributed by atoms with Gasteiger partial charge in [0.2, 0.25) is 0 Å². The highest BCUT2D eigenvalue weighted by Gasteiger charge is 2.35. The molecule has 2 aromatic heterocycles. The molecule has 2 aliphatic rings. The summed E-state index contributed by atoms with van der Waals surface area (Å²) in [6.45, 7) is 8.48. The SMILES string of the molecule is COC(=O)c1cn(C2CC(NC(=O)OC(C)(C)C)C2)c2nc(N3CCN(c4ccc(S(C)(=O)=O)cc4)CC3)ccc12. The van der Waals surface area contributed by atoms with Crippen molar-refractivity contribution in [1.29, 1.82) is 0 Å². The van der Waals surface area contributed by atoms with E-state index in [-0.39, 0.29) is 12.1 Å². The lowest BCUT2D eigenvalue weighted by atomic mass is 9.86. The number of hydrogen-bond acceptors (Lipinski definition) is 9. The van der Waals surface area contributed by atoms with Crippen LogP contribution in [0.1, 0.15) is 50.0 Å². The Kier molecular flexibility index (Phi) is 7.62. The second-order valence-electron chi connectivity index (χ2n) is 11.7. The van der Waals surface area contributed by atoms with Gasteiger partial charge in [0.1, 0.15) is 17.1 Å². The first-order chi connectivity index (χ1) is 19.3. The highest BCUT2D eigenvalue weighted by Crippen LogP contribution is 2.37. The molecule has 3 heterocycles. The molecule has 3 aromatic rings. The van der Waals surface area contributed by atoms with Gasteiger partial charge in [-0.3, -0.25) is 0 Å². The first kappa shape index (κ1) is 28.7. The van der Waals surface area contributed by atoms with Gasteiger partial charge in [-0.2, -0.15) is 0 Å². The third-order valence-electron chi connectivity index (χ3n) is 7.53. The van der Waals surface area contributed by atoms with Crippen molar-refractivity contribution in [3.8, 4) is 0 Å². The molecule has 1 aliphatic carbocycles. The normalized spacial score (nSPS) is 19.5. The molecule has 0 spiro atoms. The van der Waals surface area contributed by atoms with Crippen LogP contribution < -0.4 is 15.1 Å². The molecule has 0 radical (unpaired) electrons. The third-order valence-corrected chi connectivity index (χ3v) is 8.66. The minimum Gasteiger partial charge on any atom is -0.465 e. The first-order valence-electron chi connectivity index (χ1n) is 13.7. The quantitative estimate of drug-likeness (QED) is 0.432. The summed E-state index contributed by atoms with van der Waals surface area (Å²) in [7, 11) is -1.86. The Labute approximate surface area is 240 Å². The lowest BCUT2D eigenvalue weighted by molar-refractivity contribution is 0.0457. The zero-order valence-electron chi connectivity index (χ0n) is 24.1. The lowest BCUT2D eigenvalue weighted by Crippen LogP contribution is -2.47. The number of sulfone groups is 1. The molecule has 0 atom stereocenters. The van der Waals surface area contributed by atoms with E-state index in [0.717, 1.165) is 43.1 Å². The van der Waals surface area contributed by atoms with Gasteiger partial charge >= 0.3 is 12.1 Å². The molecule has 11 nitrogen and oxygen atoms in total. The Bertz CT molecular complexity index is 1550. The number of rotatable bonds is 6. The molecule has 0 unspecified atom stereocenters. The van der Waals surface area contributed by atoms with Gasteiger partial charge in [0.05, 0.1) is 17.6 Å². The van der Waals surface area contributed by atoms with Gasteiger partial charge in [-0.05, 0) is 70.0 Å². The molecule has 0 bridgehead atoms. The van der Waals surface area contributed by atoms with E-state index in [1.807, 2.05) is 49.6 Å². The summed E-state index contributed by atoms with van der Waals surface area (Å²) in [4.78, 5) is 34.5. The Morgan fingerprint density at radius 2 is 1.61 bits per heavy atom. The predicted molar refractivity (Wildman–Crippen MR) is 156 cm³/mol. The van der Waals surface area contributed by atoms with Gasteiger partial charge in [-0.25, -0.2) is 23.0 Å². The molecule has 1 aliphatic heterocycles. The van der Waals surface area contributed by atoms with Crippen LogP contribution in [-0.2, 0) is 19.3 Å². The highest BCUT2D eigenvalue weighted by molar-refractivity contribution is 7.90. The molecule has 220 valence electrons. The standard InChI is InChI=1S/C29H37N5O6S/c1-29(2,3)40-28(36)30-19-16-21(17-19)34-18-24(27(35)39-4)23-10-11-25(31-26(23)34)33-14-12-32(13-15-33)20-6-8-22(9-7-20)41(5,37)38/h6-11,18-19,21H,12-17H2,1-5H3,(H,30,36). The number of nitrogens with one attached hydrogen (secondary N) is 1. The van der Waals surface area contributed by atoms with Crippen LogP contribution in [0.2, 0.25) is 0 Å². The maximum Gasteiger partial charge on any atom is 0.407 e. The summed E-state index contributed by atoms with van der Waals surface area (Å²) >= 11 is 0. The number of piperazine rings is 1. The van der Waals surface area contributed by atoms with Gasteiger partial charge in [-0.15, -0.1) is 0 Å². The van der Waals surface area contributed by atoms with Crippen LogP contribution in [0.3, 0.4) is 0 Å². The number of fused-ring (bicyclic) bond motifs is 1. The molecular weight excluding hydrogens is 546 g/mol. The minimum absolute atomic E-state index is 0.0170. The second kappa shape index (κ2) is 10.9. The minimum atomic E-state index is -3.23. The van der Waals surface area contributed by atoms with E-state index in [9.17, 15) is 18.0 Å². The smallest absolute Gasteiger partial charge is 0.407 e. The third kappa shape index (κ3) is 6.27. The maximum absolute atomic E-state index is 12.6. The number of methoxy groups -OCH3 is 1. The van der Waals surface area contributed by atoms with Gasteiger partial charge in [-0.1, -0.05) is 0 Å². The fraction of sp³-hybridized carbons (Fsp3) is 0.483. The van der Waals surface area contributed by atoms with E-state index < -0.39 is 27.5 Å². The van der Waals surface area contributed by atoms with E-state index in [0.29, 0.717) is 28.9 Å². The molecule has 2 fully saturated rings. The van der Waals surface area contributed by atoms with Crippen molar-refractivity contribution in [3.63, 3.8) is 0 Å². The van der Waals surface area contributed by atoms with E-state index in [4.69, 9.17) is 14.5 Å². The topological polar surface area (TPSA) is 123 Å². The van der Waals surface area contributed by atoms with E-state index in [1.54, 1.807) is 18.3 Å². The number of hydrogen-bond donors (Lipinski definition) is 1. The first-order valence-corrected chi connectivity index (χ1v) is 15.6. The number of aromatic nitrogens is 2. The Balaban J connectivity index is 1.30. The second-order valence-corrected chi connectivity index (χ2v) is 13.7. The summed E-state index contributed by atoms with van der Waals surface area (Å²) in [5.41, 5.74) is 1.60. The van der Waals surface area contributed by atoms with E-state index in [2.05, 4.69) is 15.1 Å². The summed E-state index contributed by atoms with van der Waals surface area (Å²) < 4.78 is 36.0. The van der Waals surface area contributed by atoms with Gasteiger partial charge in [0, 0.05) is 61.8 Å². The van der Waals surface area contributed by atoms with Crippen molar-refractivity contribution in [2.75, 3.05) is 49.3 Å². The fourth-order valence-corrected chi connectivity index (χ4v) is 5.98. The van der Waals surface area contributed by atoms with Gasteiger partial charge < -0.3 is 29.2 Å². The lowest BCUT2D eigenvalue weighted by Gasteiger charge is -2.38. The average Bonchev–Trinajstić information content (AvgIpc) is 3.27. The number of pyridine rings is 1. The molecule has 12 heteroatoms. The number of benzene rings is 1. The monoisotopic (exact) mass is 583 g/mol. The molecule has 1 amide bonds. The van der Waals surface area contributed by atoms with Gasteiger partial charge in [0.15, 0.2) is 9.84 Å². The Morgan fingerprint density at radius 1 is 0.976 bits per heavy atom. The van der Waals surface area contributed by atoms with Gasteiger partial charge in [0.25, 0.3) is 0 Å².